The molecular formula is C36H52O5. The lowest BCUT2D eigenvalue weighted by atomic mass is 9.33. The zero-order chi connectivity index (χ0) is 29.6. The monoisotopic (exact) mass is 564 g/mol. The summed E-state index contributed by atoms with van der Waals surface area (Å²) in [5, 5.41) is 31.8. The molecule has 5 heteroatoms. The molecule has 4 saturated carbocycles. The van der Waals surface area contributed by atoms with Crippen molar-refractivity contribution in [1.82, 2.24) is 0 Å². The molecular weight excluding hydrogens is 512 g/mol. The summed E-state index contributed by atoms with van der Waals surface area (Å²) in [5.41, 5.74) is 0.378. The van der Waals surface area contributed by atoms with Crippen LogP contribution in [0.4, 0.5) is 0 Å². The predicted molar refractivity (Wildman–Crippen MR) is 161 cm³/mol. The number of carboxylic acid groups (broad SMARTS) is 1. The number of aliphatic carboxylic acids is 1. The van der Waals surface area contributed by atoms with E-state index in [-0.39, 0.29) is 39.4 Å². The number of carbonyl (C=O) groups is 1. The highest BCUT2D eigenvalue weighted by atomic mass is 16.5. The van der Waals surface area contributed by atoms with Crippen molar-refractivity contribution in [3.63, 3.8) is 0 Å². The summed E-state index contributed by atoms with van der Waals surface area (Å²) in [7, 11) is 0. The minimum Gasteiger partial charge on any atom is -0.508 e. The number of fused-ring (bicyclic) bond motifs is 7. The van der Waals surface area contributed by atoms with Crippen molar-refractivity contribution in [2.75, 3.05) is 6.61 Å². The van der Waals surface area contributed by atoms with Crippen molar-refractivity contribution < 1.29 is 24.9 Å². The van der Waals surface area contributed by atoms with Gasteiger partial charge in [-0.2, -0.15) is 0 Å². The molecule has 6 rings (SSSR count). The average Bonchev–Trinajstić information content (AvgIpc) is 2.92. The smallest absolute Gasteiger partial charge is 0.310 e. The van der Waals surface area contributed by atoms with E-state index in [2.05, 4.69) is 47.6 Å². The third-order valence-electron chi connectivity index (χ3n) is 14.4. The number of benzene rings is 1. The van der Waals surface area contributed by atoms with Crippen molar-refractivity contribution in [3.05, 3.63) is 35.9 Å². The molecule has 0 aliphatic heterocycles. The largest absolute Gasteiger partial charge is 0.508 e. The maximum atomic E-state index is 13.2. The number of aliphatic hydroxyl groups excluding tert-OH is 1. The fourth-order valence-electron chi connectivity index (χ4n) is 11.7. The number of phenols is 1. The van der Waals surface area contributed by atoms with E-state index in [0.29, 0.717) is 36.7 Å². The standard InChI is InChI=1S/C36H52O5/c1-22-13-18-35(31(39)40)19-20-36(21-41-25-9-7-24(37)8-10-25)26(30(35)23(22)2)11-12-28-33(5)16-15-29(38)32(3,4)27(33)14-17-34(28,36)6/h7-11,22-23,27-30,37-38H,12-21H2,1-6H3,(H,39,40). The molecule has 10 unspecified atom stereocenters. The first-order chi connectivity index (χ1) is 19.2. The first-order valence-electron chi connectivity index (χ1n) is 16.3. The zero-order valence-corrected chi connectivity index (χ0v) is 26.1. The lowest BCUT2D eigenvalue weighted by Gasteiger charge is -2.71. The Labute approximate surface area is 246 Å². The average molecular weight is 565 g/mol. The molecule has 0 spiro atoms. The van der Waals surface area contributed by atoms with Crippen molar-refractivity contribution in [2.45, 2.75) is 105 Å². The minimum atomic E-state index is -0.693. The third kappa shape index (κ3) is 3.85. The number of hydrogen-bond acceptors (Lipinski definition) is 4. The van der Waals surface area contributed by atoms with Crippen molar-refractivity contribution in [3.8, 4) is 11.5 Å². The van der Waals surface area contributed by atoms with E-state index < -0.39 is 11.4 Å². The van der Waals surface area contributed by atoms with Gasteiger partial charge in [-0.05, 0) is 128 Å². The molecule has 226 valence electrons. The fraction of sp³-hybridized carbons (Fsp3) is 0.750. The van der Waals surface area contributed by atoms with E-state index in [9.17, 15) is 20.1 Å². The number of phenolic OH excluding ortho intramolecular Hbond substituents is 1. The maximum absolute atomic E-state index is 13.2. The first kappa shape index (κ1) is 29.1. The van der Waals surface area contributed by atoms with Gasteiger partial charge in [-0.3, -0.25) is 4.79 Å². The summed E-state index contributed by atoms with van der Waals surface area (Å²) in [5.74, 6) is 2.08. The molecule has 3 N–H and O–H groups in total. The van der Waals surface area contributed by atoms with Gasteiger partial charge in [0.25, 0.3) is 0 Å². The molecule has 0 saturated heterocycles. The Bertz CT molecular complexity index is 1220. The molecule has 0 bridgehead atoms. The lowest BCUT2D eigenvalue weighted by Crippen LogP contribution is -2.67. The Kier molecular flexibility index (Phi) is 6.73. The molecule has 4 fully saturated rings. The van der Waals surface area contributed by atoms with E-state index in [0.717, 1.165) is 57.1 Å². The van der Waals surface area contributed by atoms with Gasteiger partial charge in [0.05, 0.1) is 18.1 Å². The van der Waals surface area contributed by atoms with E-state index in [4.69, 9.17) is 4.74 Å². The molecule has 0 radical (unpaired) electrons. The minimum absolute atomic E-state index is 0.0221. The van der Waals surface area contributed by atoms with Gasteiger partial charge in [0.15, 0.2) is 0 Å². The highest BCUT2D eigenvalue weighted by molar-refractivity contribution is 5.76. The molecule has 5 nitrogen and oxygen atoms in total. The fourth-order valence-corrected chi connectivity index (χ4v) is 11.7. The Hall–Kier alpha value is -2.01. The number of ether oxygens (including phenoxy) is 1. The van der Waals surface area contributed by atoms with Gasteiger partial charge < -0.3 is 20.1 Å². The first-order valence-corrected chi connectivity index (χ1v) is 16.3. The van der Waals surface area contributed by atoms with Crippen molar-refractivity contribution in [1.29, 1.82) is 0 Å². The Morgan fingerprint density at radius 1 is 0.927 bits per heavy atom. The summed E-state index contributed by atoms with van der Waals surface area (Å²) in [6.45, 7) is 14.8. The SMILES string of the molecule is CC1CCC2(C(=O)O)CCC3(COc4ccc(O)cc4)C(=CCC4C5(C)CCC(O)C(C)(C)C5CCC43C)C2C1C. The lowest BCUT2D eigenvalue weighted by molar-refractivity contribution is -0.214. The van der Waals surface area contributed by atoms with E-state index in [1.165, 1.54) is 5.57 Å². The number of hydrogen-bond donors (Lipinski definition) is 3. The van der Waals surface area contributed by atoms with E-state index >= 15 is 0 Å². The van der Waals surface area contributed by atoms with Crippen LogP contribution in [0, 0.1) is 56.7 Å². The van der Waals surface area contributed by atoms with Crippen LogP contribution in [-0.4, -0.2) is 34.0 Å². The van der Waals surface area contributed by atoms with Crippen LogP contribution in [0.15, 0.2) is 35.9 Å². The van der Waals surface area contributed by atoms with Crippen molar-refractivity contribution >= 4 is 5.97 Å². The molecule has 0 amide bonds. The van der Waals surface area contributed by atoms with Gasteiger partial charge in [0.2, 0.25) is 0 Å². The Morgan fingerprint density at radius 3 is 2.32 bits per heavy atom. The maximum Gasteiger partial charge on any atom is 0.310 e. The molecule has 5 aliphatic carbocycles. The second-order valence-corrected chi connectivity index (χ2v) is 16.0. The molecule has 0 aromatic heterocycles. The Morgan fingerprint density at radius 2 is 1.63 bits per heavy atom. The van der Waals surface area contributed by atoms with Gasteiger partial charge in [0, 0.05) is 5.41 Å². The van der Waals surface area contributed by atoms with Gasteiger partial charge >= 0.3 is 5.97 Å². The van der Waals surface area contributed by atoms with Gasteiger partial charge in [-0.25, -0.2) is 0 Å². The van der Waals surface area contributed by atoms with Crippen LogP contribution in [0.3, 0.4) is 0 Å². The van der Waals surface area contributed by atoms with Crippen LogP contribution in [0.1, 0.15) is 99.3 Å². The third-order valence-corrected chi connectivity index (χ3v) is 14.4. The summed E-state index contributed by atoms with van der Waals surface area (Å²) in [6, 6.07) is 7.05. The van der Waals surface area contributed by atoms with E-state index in [1.54, 1.807) is 12.1 Å². The van der Waals surface area contributed by atoms with Gasteiger partial charge in [0.1, 0.15) is 11.5 Å². The molecule has 5 aliphatic rings. The molecule has 41 heavy (non-hydrogen) atoms. The second-order valence-electron chi connectivity index (χ2n) is 16.0. The van der Waals surface area contributed by atoms with Gasteiger partial charge in [-0.15, -0.1) is 0 Å². The topological polar surface area (TPSA) is 87.0 Å². The van der Waals surface area contributed by atoms with Crippen LogP contribution >= 0.6 is 0 Å². The second kappa shape index (κ2) is 9.49. The zero-order valence-electron chi connectivity index (χ0n) is 26.1. The number of allylic oxidation sites excluding steroid dienone is 1. The van der Waals surface area contributed by atoms with Crippen LogP contribution < -0.4 is 4.74 Å². The van der Waals surface area contributed by atoms with E-state index in [1.807, 2.05) is 12.1 Å². The van der Waals surface area contributed by atoms with Crippen molar-refractivity contribution in [2.24, 2.45) is 56.7 Å². The molecule has 10 atom stereocenters. The Balaban J connectivity index is 1.49. The van der Waals surface area contributed by atoms with Crippen LogP contribution in [0.25, 0.3) is 0 Å². The van der Waals surface area contributed by atoms with Crippen LogP contribution in [0.2, 0.25) is 0 Å². The summed E-state index contributed by atoms with van der Waals surface area (Å²) < 4.78 is 6.70. The number of carboxylic acids is 1. The van der Waals surface area contributed by atoms with Crippen LogP contribution in [-0.2, 0) is 4.79 Å². The number of aromatic hydroxyl groups is 1. The molecule has 1 aromatic carbocycles. The van der Waals surface area contributed by atoms with Gasteiger partial charge in [-0.1, -0.05) is 53.2 Å². The summed E-state index contributed by atoms with van der Waals surface area (Å²) in [6.07, 6.45) is 10.5. The highest BCUT2D eigenvalue weighted by Crippen LogP contribution is 2.76. The van der Waals surface area contributed by atoms with Crippen LogP contribution in [0.5, 0.6) is 11.5 Å². The summed E-state index contributed by atoms with van der Waals surface area (Å²) >= 11 is 0. The molecule has 1 aromatic rings. The number of rotatable bonds is 4. The number of aliphatic hydroxyl groups is 1. The summed E-state index contributed by atoms with van der Waals surface area (Å²) in [4.78, 5) is 13.2. The quantitative estimate of drug-likeness (QED) is 0.324. The highest BCUT2D eigenvalue weighted by Gasteiger charge is 2.71. The predicted octanol–water partition coefficient (Wildman–Crippen LogP) is 7.85. The normalized spacial score (nSPS) is 46.7. The molecule has 0 heterocycles.